The lowest BCUT2D eigenvalue weighted by atomic mass is 9.70. The highest BCUT2D eigenvalue weighted by molar-refractivity contribution is 5.92. The number of hydrogen-bond acceptors (Lipinski definition) is 2. The van der Waals surface area contributed by atoms with Gasteiger partial charge in [-0.15, -0.1) is 0 Å². The molecule has 1 aromatic heterocycles. The molecule has 0 saturated heterocycles. The maximum absolute atomic E-state index is 11.5. The van der Waals surface area contributed by atoms with Gasteiger partial charge in [0.05, 0.1) is 16.6 Å². The van der Waals surface area contributed by atoms with Crippen LogP contribution < -0.4 is 0 Å². The van der Waals surface area contributed by atoms with Gasteiger partial charge >= 0.3 is 5.97 Å². The number of nitrogens with zero attached hydrogens (tertiary/aromatic N) is 2. The lowest BCUT2D eigenvalue weighted by Crippen LogP contribution is -2.30. The number of hydrogen-bond donors (Lipinski definition) is 1. The first kappa shape index (κ1) is 22.6. The number of aromatic nitrogens is 2. The quantitative estimate of drug-likeness (QED) is 0.482. The van der Waals surface area contributed by atoms with Crippen LogP contribution in [0.5, 0.6) is 0 Å². The lowest BCUT2D eigenvalue weighted by Gasteiger charge is -2.40. The number of fused-ring (bicyclic) bond motifs is 1. The Hall–Kier alpha value is -2.62. The van der Waals surface area contributed by atoms with E-state index in [1.54, 1.807) is 12.1 Å². The summed E-state index contributed by atoms with van der Waals surface area (Å²) in [4.78, 5) is 16.5. The summed E-state index contributed by atoms with van der Waals surface area (Å²) in [6, 6.07) is 14.6. The third-order valence-electron chi connectivity index (χ3n) is 6.92. The number of carbonyl (C=O) groups is 1. The molecule has 1 fully saturated rings. The van der Waals surface area contributed by atoms with E-state index in [1.165, 1.54) is 17.5 Å². The van der Waals surface area contributed by atoms with Crippen molar-refractivity contribution >= 4 is 17.0 Å². The van der Waals surface area contributed by atoms with Gasteiger partial charge in [0, 0.05) is 12.5 Å². The SMILES string of the molecule is C[C@@H]1C[C@H](n2c(Cc3ccc(C(C)(C)C)cc3)nc3cc(C(=O)O)ccc32)CC(C)(C)C1. The maximum atomic E-state index is 11.5. The van der Waals surface area contributed by atoms with E-state index in [0.29, 0.717) is 17.5 Å². The van der Waals surface area contributed by atoms with Crippen LogP contribution in [0.1, 0.15) is 94.2 Å². The number of carboxylic acid groups (broad SMARTS) is 1. The second-order valence-corrected chi connectivity index (χ2v) is 11.6. The Morgan fingerprint density at radius 1 is 1.12 bits per heavy atom. The first-order chi connectivity index (χ1) is 14.9. The molecule has 0 unspecified atom stereocenters. The minimum atomic E-state index is -0.909. The zero-order valence-corrected chi connectivity index (χ0v) is 20.3. The van der Waals surface area contributed by atoms with E-state index < -0.39 is 5.97 Å². The van der Waals surface area contributed by atoms with E-state index in [2.05, 4.69) is 70.4 Å². The van der Waals surface area contributed by atoms with Crippen LogP contribution in [0.3, 0.4) is 0 Å². The van der Waals surface area contributed by atoms with Crippen molar-refractivity contribution in [1.29, 1.82) is 0 Å². The molecule has 0 aliphatic heterocycles. The molecule has 1 aliphatic carbocycles. The highest BCUT2D eigenvalue weighted by Crippen LogP contribution is 2.45. The van der Waals surface area contributed by atoms with Gasteiger partial charge in [0.1, 0.15) is 5.82 Å². The van der Waals surface area contributed by atoms with Crippen LogP contribution in [0.2, 0.25) is 0 Å². The van der Waals surface area contributed by atoms with Gasteiger partial charge in [-0.2, -0.15) is 0 Å². The Kier molecular flexibility index (Phi) is 5.68. The van der Waals surface area contributed by atoms with Gasteiger partial charge in [-0.05, 0) is 65.3 Å². The molecule has 4 nitrogen and oxygen atoms in total. The van der Waals surface area contributed by atoms with Crippen LogP contribution >= 0.6 is 0 Å². The number of benzene rings is 2. The first-order valence-electron chi connectivity index (χ1n) is 11.8. The Morgan fingerprint density at radius 2 is 1.81 bits per heavy atom. The number of aromatic carboxylic acids is 1. The Balaban J connectivity index is 1.78. The largest absolute Gasteiger partial charge is 0.478 e. The van der Waals surface area contributed by atoms with Gasteiger partial charge in [-0.1, -0.05) is 65.8 Å². The smallest absolute Gasteiger partial charge is 0.335 e. The highest BCUT2D eigenvalue weighted by Gasteiger charge is 2.34. The molecule has 3 aromatic rings. The van der Waals surface area contributed by atoms with E-state index in [-0.39, 0.29) is 10.8 Å². The second kappa shape index (κ2) is 8.06. The van der Waals surface area contributed by atoms with Crippen LogP contribution in [0, 0.1) is 11.3 Å². The van der Waals surface area contributed by atoms with Crippen LogP contribution in [-0.4, -0.2) is 20.6 Å². The first-order valence-corrected chi connectivity index (χ1v) is 11.8. The van der Waals surface area contributed by atoms with Gasteiger partial charge < -0.3 is 9.67 Å². The average Bonchev–Trinajstić information content (AvgIpc) is 3.03. The van der Waals surface area contributed by atoms with Gasteiger partial charge in [0.25, 0.3) is 0 Å². The maximum Gasteiger partial charge on any atom is 0.335 e. The molecule has 1 heterocycles. The summed E-state index contributed by atoms with van der Waals surface area (Å²) in [5, 5.41) is 9.46. The van der Waals surface area contributed by atoms with Crippen molar-refractivity contribution in [1.82, 2.24) is 9.55 Å². The summed E-state index contributed by atoms with van der Waals surface area (Å²) in [6.07, 6.45) is 4.22. The minimum Gasteiger partial charge on any atom is -0.478 e. The molecule has 1 saturated carbocycles. The van der Waals surface area contributed by atoms with Crippen molar-refractivity contribution in [2.75, 3.05) is 0 Å². The third-order valence-corrected chi connectivity index (χ3v) is 6.92. The molecule has 170 valence electrons. The standard InChI is InChI=1S/C28H36N2O2/c1-18-13-22(17-28(5,6)16-18)30-24-12-9-20(26(31)32)15-23(24)29-25(30)14-19-7-10-21(11-8-19)27(2,3)4/h7-12,15,18,22H,13-14,16-17H2,1-6H3,(H,31,32)/t18-,22+/m1/s1. The Morgan fingerprint density at radius 3 is 2.41 bits per heavy atom. The molecule has 0 bridgehead atoms. The van der Waals surface area contributed by atoms with E-state index >= 15 is 0 Å². The predicted molar refractivity (Wildman–Crippen MR) is 130 cm³/mol. The van der Waals surface area contributed by atoms with Crippen molar-refractivity contribution in [2.45, 2.75) is 78.7 Å². The average molecular weight is 433 g/mol. The van der Waals surface area contributed by atoms with Crippen molar-refractivity contribution in [3.63, 3.8) is 0 Å². The van der Waals surface area contributed by atoms with E-state index in [4.69, 9.17) is 4.98 Å². The summed E-state index contributed by atoms with van der Waals surface area (Å²) >= 11 is 0. The molecule has 2 aromatic carbocycles. The molecule has 32 heavy (non-hydrogen) atoms. The van der Waals surface area contributed by atoms with E-state index in [1.807, 2.05) is 6.07 Å². The second-order valence-electron chi connectivity index (χ2n) is 11.6. The molecule has 1 aliphatic rings. The summed E-state index contributed by atoms with van der Waals surface area (Å²) < 4.78 is 2.41. The minimum absolute atomic E-state index is 0.128. The summed E-state index contributed by atoms with van der Waals surface area (Å²) in [5.41, 5.74) is 5.09. The third kappa shape index (κ3) is 4.60. The topological polar surface area (TPSA) is 55.1 Å². The zero-order chi connectivity index (χ0) is 23.3. The van der Waals surface area contributed by atoms with Gasteiger partial charge in [0.15, 0.2) is 0 Å². The molecular weight excluding hydrogens is 396 g/mol. The number of imidazole rings is 1. The van der Waals surface area contributed by atoms with Crippen molar-refractivity contribution in [2.24, 2.45) is 11.3 Å². The fourth-order valence-electron chi connectivity index (χ4n) is 5.61. The molecule has 2 atom stereocenters. The van der Waals surface area contributed by atoms with Crippen molar-refractivity contribution in [3.8, 4) is 0 Å². The van der Waals surface area contributed by atoms with Crippen molar-refractivity contribution in [3.05, 3.63) is 65.0 Å². The molecule has 1 N–H and O–H groups in total. The highest BCUT2D eigenvalue weighted by atomic mass is 16.4. The summed E-state index contributed by atoms with van der Waals surface area (Å²) in [7, 11) is 0. The Labute approximate surface area is 191 Å². The molecule has 0 amide bonds. The zero-order valence-electron chi connectivity index (χ0n) is 20.3. The fourth-order valence-corrected chi connectivity index (χ4v) is 5.61. The normalized spacial score (nSPS) is 21.1. The summed E-state index contributed by atoms with van der Waals surface area (Å²) in [6.45, 7) is 13.8. The molecule has 4 heteroatoms. The molecule has 0 spiro atoms. The van der Waals surface area contributed by atoms with Crippen LogP contribution in [0.15, 0.2) is 42.5 Å². The number of rotatable bonds is 4. The molecule has 0 radical (unpaired) electrons. The van der Waals surface area contributed by atoms with Crippen LogP contribution in [0.4, 0.5) is 0 Å². The fraction of sp³-hybridized carbons (Fsp3) is 0.500. The summed E-state index contributed by atoms with van der Waals surface area (Å²) in [5.74, 6) is 0.771. The van der Waals surface area contributed by atoms with E-state index in [0.717, 1.165) is 36.1 Å². The van der Waals surface area contributed by atoms with Crippen LogP contribution in [-0.2, 0) is 11.8 Å². The van der Waals surface area contributed by atoms with Gasteiger partial charge in [-0.25, -0.2) is 9.78 Å². The van der Waals surface area contributed by atoms with Gasteiger partial charge in [0.2, 0.25) is 0 Å². The van der Waals surface area contributed by atoms with Crippen molar-refractivity contribution < 1.29 is 9.90 Å². The number of carboxylic acids is 1. The van der Waals surface area contributed by atoms with Gasteiger partial charge in [-0.3, -0.25) is 0 Å². The lowest BCUT2D eigenvalue weighted by molar-refractivity contribution is 0.0697. The molecular formula is C28H36N2O2. The predicted octanol–water partition coefficient (Wildman–Crippen LogP) is 7.01. The molecule has 4 rings (SSSR count). The Bertz CT molecular complexity index is 1130. The van der Waals surface area contributed by atoms with Crippen LogP contribution in [0.25, 0.3) is 11.0 Å². The van der Waals surface area contributed by atoms with E-state index in [9.17, 15) is 9.90 Å². The monoisotopic (exact) mass is 432 g/mol.